The second kappa shape index (κ2) is 6.92. The summed E-state index contributed by atoms with van der Waals surface area (Å²) in [5.74, 6) is 0.911. The van der Waals surface area contributed by atoms with E-state index < -0.39 is 0 Å². The lowest BCUT2D eigenvalue weighted by molar-refractivity contribution is 0.602. The van der Waals surface area contributed by atoms with Crippen molar-refractivity contribution in [3.05, 3.63) is 35.6 Å². The van der Waals surface area contributed by atoms with E-state index in [1.807, 2.05) is 24.9 Å². The standard InChI is InChI=1S/C13H20FNS/c1-10(2)16-9-13(15-3)8-11-5-4-6-12(14)7-11/h4-7,10,13,15H,8-9H2,1-3H3. The molecule has 3 heteroatoms. The van der Waals surface area contributed by atoms with Gasteiger partial charge in [0, 0.05) is 11.8 Å². The van der Waals surface area contributed by atoms with Gasteiger partial charge in [-0.1, -0.05) is 26.0 Å². The van der Waals surface area contributed by atoms with Crippen molar-refractivity contribution in [2.24, 2.45) is 0 Å². The summed E-state index contributed by atoms with van der Waals surface area (Å²) in [6, 6.07) is 7.26. The second-order valence-electron chi connectivity index (χ2n) is 4.20. The molecule has 0 spiro atoms. The number of rotatable bonds is 6. The molecule has 0 heterocycles. The van der Waals surface area contributed by atoms with Crippen LogP contribution in [0.4, 0.5) is 4.39 Å². The number of nitrogens with one attached hydrogen (secondary N) is 1. The van der Waals surface area contributed by atoms with E-state index in [0.29, 0.717) is 11.3 Å². The molecule has 90 valence electrons. The molecule has 1 nitrogen and oxygen atoms in total. The lowest BCUT2D eigenvalue weighted by atomic mass is 10.1. The van der Waals surface area contributed by atoms with Gasteiger partial charge < -0.3 is 5.32 Å². The van der Waals surface area contributed by atoms with E-state index in [9.17, 15) is 4.39 Å². The first-order valence-electron chi connectivity index (χ1n) is 5.65. The van der Waals surface area contributed by atoms with Gasteiger partial charge in [-0.3, -0.25) is 0 Å². The van der Waals surface area contributed by atoms with Crippen LogP contribution in [0.3, 0.4) is 0 Å². The van der Waals surface area contributed by atoms with Crippen LogP contribution in [0.1, 0.15) is 19.4 Å². The Kier molecular flexibility index (Phi) is 5.85. The Balaban J connectivity index is 2.49. The monoisotopic (exact) mass is 241 g/mol. The number of halogens is 1. The highest BCUT2D eigenvalue weighted by atomic mass is 32.2. The molecule has 1 aromatic rings. The molecule has 1 aromatic carbocycles. The quantitative estimate of drug-likeness (QED) is 0.821. The molecule has 0 bridgehead atoms. The maximum absolute atomic E-state index is 13.0. The van der Waals surface area contributed by atoms with Crippen molar-refractivity contribution in [1.82, 2.24) is 5.32 Å². The van der Waals surface area contributed by atoms with Crippen LogP contribution >= 0.6 is 11.8 Å². The first kappa shape index (κ1) is 13.5. The summed E-state index contributed by atoms with van der Waals surface area (Å²) in [5.41, 5.74) is 1.06. The molecular weight excluding hydrogens is 221 g/mol. The number of hydrogen-bond donors (Lipinski definition) is 1. The normalized spacial score (nSPS) is 13.1. The minimum absolute atomic E-state index is 0.149. The Morgan fingerprint density at radius 1 is 1.38 bits per heavy atom. The first-order valence-corrected chi connectivity index (χ1v) is 6.70. The fourth-order valence-corrected chi connectivity index (χ4v) is 2.40. The molecule has 0 aliphatic rings. The molecular formula is C13H20FNS. The van der Waals surface area contributed by atoms with Crippen LogP contribution in [0.15, 0.2) is 24.3 Å². The van der Waals surface area contributed by atoms with Crippen LogP contribution in [0.25, 0.3) is 0 Å². The molecule has 1 N–H and O–H groups in total. The van der Waals surface area contributed by atoms with Gasteiger partial charge in [0.1, 0.15) is 5.82 Å². The second-order valence-corrected chi connectivity index (χ2v) is 5.81. The third-order valence-corrected chi connectivity index (χ3v) is 3.67. The van der Waals surface area contributed by atoms with Crippen LogP contribution in [0.2, 0.25) is 0 Å². The zero-order valence-corrected chi connectivity index (χ0v) is 11.0. The molecule has 0 radical (unpaired) electrons. The molecule has 1 unspecified atom stereocenters. The molecule has 0 fully saturated rings. The lowest BCUT2D eigenvalue weighted by Gasteiger charge is -2.17. The van der Waals surface area contributed by atoms with E-state index in [1.165, 1.54) is 6.07 Å². The highest BCUT2D eigenvalue weighted by Gasteiger charge is 2.08. The van der Waals surface area contributed by atoms with E-state index in [1.54, 1.807) is 12.1 Å². The van der Waals surface area contributed by atoms with Gasteiger partial charge in [0.25, 0.3) is 0 Å². The van der Waals surface area contributed by atoms with Gasteiger partial charge in [-0.05, 0) is 36.4 Å². The van der Waals surface area contributed by atoms with Crippen molar-refractivity contribution in [2.75, 3.05) is 12.8 Å². The number of likely N-dealkylation sites (N-methyl/N-ethyl adjacent to an activating group) is 1. The molecule has 0 saturated heterocycles. The molecule has 0 saturated carbocycles. The maximum atomic E-state index is 13.0. The topological polar surface area (TPSA) is 12.0 Å². The summed E-state index contributed by atoms with van der Waals surface area (Å²) in [7, 11) is 1.96. The van der Waals surface area contributed by atoms with Gasteiger partial charge in [0.15, 0.2) is 0 Å². The molecule has 16 heavy (non-hydrogen) atoms. The zero-order chi connectivity index (χ0) is 12.0. The smallest absolute Gasteiger partial charge is 0.123 e. The van der Waals surface area contributed by atoms with Crippen LogP contribution in [-0.2, 0) is 6.42 Å². The fraction of sp³-hybridized carbons (Fsp3) is 0.538. The van der Waals surface area contributed by atoms with Gasteiger partial charge in [0.05, 0.1) is 0 Å². The SMILES string of the molecule is CNC(CSC(C)C)Cc1cccc(F)c1. The van der Waals surface area contributed by atoms with Crippen molar-refractivity contribution in [2.45, 2.75) is 31.6 Å². The number of benzene rings is 1. The Morgan fingerprint density at radius 2 is 2.12 bits per heavy atom. The van der Waals surface area contributed by atoms with Crippen molar-refractivity contribution in [3.63, 3.8) is 0 Å². The van der Waals surface area contributed by atoms with E-state index >= 15 is 0 Å². The van der Waals surface area contributed by atoms with E-state index in [0.717, 1.165) is 17.7 Å². The van der Waals surface area contributed by atoms with Crippen LogP contribution in [-0.4, -0.2) is 24.1 Å². The van der Waals surface area contributed by atoms with Crippen molar-refractivity contribution >= 4 is 11.8 Å². The Labute approximate surface area is 102 Å². The molecule has 1 rings (SSSR count). The summed E-state index contributed by atoms with van der Waals surface area (Å²) >= 11 is 1.93. The Morgan fingerprint density at radius 3 is 2.69 bits per heavy atom. The van der Waals surface area contributed by atoms with Crippen molar-refractivity contribution in [3.8, 4) is 0 Å². The summed E-state index contributed by atoms with van der Waals surface area (Å²) < 4.78 is 13.0. The van der Waals surface area contributed by atoms with E-state index in [-0.39, 0.29) is 5.82 Å². The highest BCUT2D eigenvalue weighted by molar-refractivity contribution is 7.99. The van der Waals surface area contributed by atoms with Crippen molar-refractivity contribution in [1.29, 1.82) is 0 Å². The van der Waals surface area contributed by atoms with E-state index in [2.05, 4.69) is 19.2 Å². The summed E-state index contributed by atoms with van der Waals surface area (Å²) in [6.07, 6.45) is 0.883. The van der Waals surface area contributed by atoms with Crippen LogP contribution in [0, 0.1) is 5.82 Å². The molecule has 0 aromatic heterocycles. The zero-order valence-electron chi connectivity index (χ0n) is 10.2. The largest absolute Gasteiger partial charge is 0.316 e. The van der Waals surface area contributed by atoms with Gasteiger partial charge in [-0.25, -0.2) is 4.39 Å². The third-order valence-electron chi connectivity index (χ3n) is 2.41. The molecule has 0 aliphatic heterocycles. The summed E-state index contributed by atoms with van der Waals surface area (Å²) in [6.45, 7) is 4.39. The van der Waals surface area contributed by atoms with Crippen LogP contribution < -0.4 is 5.32 Å². The highest BCUT2D eigenvalue weighted by Crippen LogP contribution is 2.14. The Hall–Kier alpha value is -0.540. The molecule has 1 atom stereocenters. The van der Waals surface area contributed by atoms with Gasteiger partial charge in [-0.15, -0.1) is 0 Å². The predicted octanol–water partition coefficient (Wildman–Crippen LogP) is 3.10. The van der Waals surface area contributed by atoms with Gasteiger partial charge >= 0.3 is 0 Å². The minimum Gasteiger partial charge on any atom is -0.316 e. The lowest BCUT2D eigenvalue weighted by Crippen LogP contribution is -2.30. The average Bonchev–Trinajstić information content (AvgIpc) is 2.24. The van der Waals surface area contributed by atoms with E-state index in [4.69, 9.17) is 0 Å². The summed E-state index contributed by atoms with van der Waals surface area (Å²) in [4.78, 5) is 0. The number of hydrogen-bond acceptors (Lipinski definition) is 2. The van der Waals surface area contributed by atoms with Crippen molar-refractivity contribution < 1.29 is 4.39 Å². The van der Waals surface area contributed by atoms with Crippen LogP contribution in [0.5, 0.6) is 0 Å². The molecule has 0 amide bonds. The predicted molar refractivity (Wildman–Crippen MR) is 70.5 cm³/mol. The van der Waals surface area contributed by atoms with Gasteiger partial charge in [0.2, 0.25) is 0 Å². The average molecular weight is 241 g/mol. The minimum atomic E-state index is -0.149. The first-order chi connectivity index (χ1) is 7.61. The van der Waals surface area contributed by atoms with Gasteiger partial charge in [-0.2, -0.15) is 11.8 Å². The fourth-order valence-electron chi connectivity index (χ4n) is 1.50. The summed E-state index contributed by atoms with van der Waals surface area (Å²) in [5, 5.41) is 3.92. The number of thioether (sulfide) groups is 1. The third kappa shape index (κ3) is 4.99. The molecule has 0 aliphatic carbocycles. The Bertz CT molecular complexity index is 315. The maximum Gasteiger partial charge on any atom is 0.123 e.